The van der Waals surface area contributed by atoms with Gasteiger partial charge in [-0.1, -0.05) is 0 Å². The highest BCUT2D eigenvalue weighted by Gasteiger charge is 2.36. The molecule has 1 saturated carbocycles. The van der Waals surface area contributed by atoms with E-state index < -0.39 is 10.0 Å². The Labute approximate surface area is 111 Å². The van der Waals surface area contributed by atoms with Gasteiger partial charge in [-0.05, 0) is 56.8 Å². The van der Waals surface area contributed by atoms with Crippen LogP contribution in [-0.2, 0) is 10.0 Å². The van der Waals surface area contributed by atoms with Crippen molar-refractivity contribution in [2.24, 2.45) is 0 Å². The van der Waals surface area contributed by atoms with Gasteiger partial charge in [0.05, 0.1) is 10.9 Å². The highest BCUT2D eigenvalue weighted by molar-refractivity contribution is 9.11. The van der Waals surface area contributed by atoms with E-state index in [1.165, 1.54) is 0 Å². The number of sulfonamides is 1. The fourth-order valence-corrected chi connectivity index (χ4v) is 4.40. The number of hydrogen-bond acceptors (Lipinski definition) is 3. The lowest BCUT2D eigenvalue weighted by molar-refractivity contribution is 0.600. The van der Waals surface area contributed by atoms with Gasteiger partial charge in [-0.3, -0.25) is 4.72 Å². The molecule has 0 amide bonds. The highest BCUT2D eigenvalue weighted by Crippen LogP contribution is 2.37. The van der Waals surface area contributed by atoms with Gasteiger partial charge in [-0.25, -0.2) is 8.42 Å². The Hall–Kier alpha value is -0.270. The van der Waals surface area contributed by atoms with E-state index in [0.29, 0.717) is 20.3 Å². The molecule has 0 aromatic heterocycles. The average Bonchev–Trinajstić information content (AvgIpc) is 2.94. The van der Waals surface area contributed by atoms with Crippen molar-refractivity contribution in [3.8, 4) is 0 Å². The minimum atomic E-state index is -3.25. The minimum Gasteiger partial charge on any atom is -0.399 e. The molecule has 0 saturated heterocycles. The molecule has 7 heteroatoms. The third kappa shape index (κ3) is 2.52. The first-order valence-electron chi connectivity index (χ1n) is 4.66. The Morgan fingerprint density at radius 3 is 2.19 bits per heavy atom. The summed E-state index contributed by atoms with van der Waals surface area (Å²) in [5.41, 5.74) is 6.69. The second-order valence-electron chi connectivity index (χ2n) is 3.71. The maximum Gasteiger partial charge on any atom is 0.235 e. The van der Waals surface area contributed by atoms with Crippen LogP contribution in [0, 0.1) is 0 Å². The van der Waals surface area contributed by atoms with E-state index >= 15 is 0 Å². The molecule has 4 nitrogen and oxygen atoms in total. The zero-order chi connectivity index (χ0) is 11.9. The topological polar surface area (TPSA) is 72.2 Å². The second kappa shape index (κ2) is 4.19. The van der Waals surface area contributed by atoms with Gasteiger partial charge in [-0.15, -0.1) is 0 Å². The predicted molar refractivity (Wildman–Crippen MR) is 71.8 cm³/mol. The molecule has 1 aliphatic rings. The molecule has 3 N–H and O–H groups in total. The molecule has 2 rings (SSSR count). The summed E-state index contributed by atoms with van der Waals surface area (Å²) in [5.74, 6) is 0. The van der Waals surface area contributed by atoms with Crippen LogP contribution in [0.1, 0.15) is 12.8 Å². The van der Waals surface area contributed by atoms with Crippen molar-refractivity contribution in [2.75, 3.05) is 10.5 Å². The van der Waals surface area contributed by atoms with Crippen LogP contribution in [0.5, 0.6) is 0 Å². The molecular formula is C9H10Br2N2O2S. The normalized spacial score (nSPS) is 16.1. The van der Waals surface area contributed by atoms with Crippen LogP contribution in [0.4, 0.5) is 11.4 Å². The van der Waals surface area contributed by atoms with Crippen LogP contribution in [0.15, 0.2) is 21.1 Å². The molecule has 1 fully saturated rings. The number of hydrogen-bond donors (Lipinski definition) is 2. The summed E-state index contributed by atoms with van der Waals surface area (Å²) < 4.78 is 27.4. The first-order chi connectivity index (χ1) is 7.40. The average molecular weight is 370 g/mol. The van der Waals surface area contributed by atoms with E-state index in [1.54, 1.807) is 12.1 Å². The summed E-state index contributed by atoms with van der Waals surface area (Å²) in [7, 11) is -3.25. The summed E-state index contributed by atoms with van der Waals surface area (Å²) in [6, 6.07) is 3.32. The van der Waals surface area contributed by atoms with Crippen molar-refractivity contribution in [3.05, 3.63) is 21.1 Å². The van der Waals surface area contributed by atoms with Crippen LogP contribution >= 0.6 is 31.9 Å². The summed E-state index contributed by atoms with van der Waals surface area (Å²) in [4.78, 5) is 0. The number of nitrogen functional groups attached to an aromatic ring is 1. The Morgan fingerprint density at radius 2 is 1.75 bits per heavy atom. The third-order valence-corrected chi connectivity index (χ3v) is 5.36. The predicted octanol–water partition coefficient (Wildman–Crippen LogP) is 2.70. The van der Waals surface area contributed by atoms with Crippen molar-refractivity contribution in [1.29, 1.82) is 0 Å². The van der Waals surface area contributed by atoms with E-state index in [0.717, 1.165) is 12.8 Å². The van der Waals surface area contributed by atoms with Crippen LogP contribution < -0.4 is 10.5 Å². The Kier molecular flexibility index (Phi) is 3.20. The zero-order valence-corrected chi connectivity index (χ0v) is 12.2. The van der Waals surface area contributed by atoms with E-state index in [4.69, 9.17) is 5.73 Å². The van der Waals surface area contributed by atoms with E-state index in [-0.39, 0.29) is 5.25 Å². The van der Waals surface area contributed by atoms with Gasteiger partial charge < -0.3 is 5.73 Å². The number of anilines is 2. The van der Waals surface area contributed by atoms with Crippen LogP contribution in [0.25, 0.3) is 0 Å². The molecule has 0 bridgehead atoms. The Balaban J connectivity index is 2.34. The van der Waals surface area contributed by atoms with Gasteiger partial charge in [0.1, 0.15) is 0 Å². The van der Waals surface area contributed by atoms with Crippen molar-refractivity contribution >= 4 is 53.3 Å². The Bertz CT molecular complexity index is 503. The van der Waals surface area contributed by atoms with Crippen molar-refractivity contribution in [2.45, 2.75) is 18.1 Å². The molecule has 0 radical (unpaired) electrons. The van der Waals surface area contributed by atoms with E-state index in [1.807, 2.05) is 0 Å². The summed E-state index contributed by atoms with van der Waals surface area (Å²) >= 11 is 6.57. The maximum atomic E-state index is 11.8. The van der Waals surface area contributed by atoms with Crippen molar-refractivity contribution < 1.29 is 8.42 Å². The smallest absolute Gasteiger partial charge is 0.235 e. The molecule has 0 aliphatic heterocycles. The zero-order valence-electron chi connectivity index (χ0n) is 8.20. The molecule has 0 heterocycles. The lowest BCUT2D eigenvalue weighted by Gasteiger charge is -2.11. The van der Waals surface area contributed by atoms with Crippen molar-refractivity contribution in [3.63, 3.8) is 0 Å². The molecule has 88 valence electrons. The fraction of sp³-hybridized carbons (Fsp3) is 0.333. The standard InChI is InChI=1S/C9H10Br2N2O2S/c10-7-3-5(12)4-8(11)9(7)13-16(14,15)6-1-2-6/h3-4,6,13H,1-2,12H2. The largest absolute Gasteiger partial charge is 0.399 e. The van der Waals surface area contributed by atoms with Crippen molar-refractivity contribution in [1.82, 2.24) is 0 Å². The number of benzene rings is 1. The Morgan fingerprint density at radius 1 is 1.25 bits per heavy atom. The molecule has 0 spiro atoms. The summed E-state index contributed by atoms with van der Waals surface area (Å²) in [6.07, 6.45) is 1.47. The summed E-state index contributed by atoms with van der Waals surface area (Å²) in [6.45, 7) is 0. The molecular weight excluding hydrogens is 360 g/mol. The molecule has 1 aliphatic carbocycles. The molecule has 1 aromatic carbocycles. The second-order valence-corrected chi connectivity index (χ2v) is 7.38. The van der Waals surface area contributed by atoms with Gasteiger partial charge in [0.25, 0.3) is 0 Å². The van der Waals surface area contributed by atoms with E-state index in [9.17, 15) is 8.42 Å². The molecule has 0 atom stereocenters. The quantitative estimate of drug-likeness (QED) is 0.804. The summed E-state index contributed by atoms with van der Waals surface area (Å²) in [5, 5.41) is -0.246. The lowest BCUT2D eigenvalue weighted by atomic mass is 10.3. The van der Waals surface area contributed by atoms with Gasteiger partial charge in [0, 0.05) is 14.6 Å². The van der Waals surface area contributed by atoms with Crippen LogP contribution in [0.2, 0.25) is 0 Å². The number of nitrogens with two attached hydrogens (primary N) is 1. The van der Waals surface area contributed by atoms with E-state index in [2.05, 4.69) is 36.6 Å². The number of halogens is 2. The fourth-order valence-electron chi connectivity index (χ4n) is 1.29. The minimum absolute atomic E-state index is 0.246. The SMILES string of the molecule is Nc1cc(Br)c(NS(=O)(=O)C2CC2)c(Br)c1. The van der Waals surface area contributed by atoms with Crippen LogP contribution in [-0.4, -0.2) is 13.7 Å². The molecule has 1 aromatic rings. The maximum absolute atomic E-state index is 11.8. The first kappa shape index (κ1) is 12.2. The molecule has 16 heavy (non-hydrogen) atoms. The van der Waals surface area contributed by atoms with Gasteiger partial charge in [0.2, 0.25) is 10.0 Å². The third-order valence-electron chi connectivity index (χ3n) is 2.27. The van der Waals surface area contributed by atoms with Crippen LogP contribution in [0.3, 0.4) is 0 Å². The highest BCUT2D eigenvalue weighted by atomic mass is 79.9. The number of rotatable bonds is 3. The first-order valence-corrected chi connectivity index (χ1v) is 7.79. The lowest BCUT2D eigenvalue weighted by Crippen LogP contribution is -2.18. The molecule has 0 unspecified atom stereocenters. The van der Waals surface area contributed by atoms with Gasteiger partial charge in [-0.2, -0.15) is 0 Å². The van der Waals surface area contributed by atoms with Gasteiger partial charge in [0.15, 0.2) is 0 Å². The van der Waals surface area contributed by atoms with Gasteiger partial charge >= 0.3 is 0 Å². The number of nitrogens with one attached hydrogen (secondary N) is 1. The monoisotopic (exact) mass is 368 g/mol.